The zero-order valence-electron chi connectivity index (χ0n) is 17.5. The summed E-state index contributed by atoms with van der Waals surface area (Å²) in [5, 5.41) is 6.30. The molecule has 0 aliphatic carbocycles. The van der Waals surface area contributed by atoms with E-state index in [9.17, 15) is 4.79 Å². The summed E-state index contributed by atoms with van der Waals surface area (Å²) in [6.07, 6.45) is 6.43. The SMILES string of the molecule is CC=C(OC=C(C)CC)c1ccc(Nc2ccnc3c2CN(CC)C(=O)N3)cc1. The maximum atomic E-state index is 12.0. The van der Waals surface area contributed by atoms with Gasteiger partial charge in [-0.25, -0.2) is 9.78 Å². The molecule has 152 valence electrons. The average molecular weight is 393 g/mol. The van der Waals surface area contributed by atoms with Crippen molar-refractivity contribution < 1.29 is 9.53 Å². The third-order valence-electron chi connectivity index (χ3n) is 4.95. The Hall–Kier alpha value is -3.28. The van der Waals surface area contributed by atoms with Crippen LogP contribution in [0.3, 0.4) is 0 Å². The maximum Gasteiger partial charge on any atom is 0.323 e. The lowest BCUT2D eigenvalue weighted by Crippen LogP contribution is -2.39. The van der Waals surface area contributed by atoms with Crippen molar-refractivity contribution in [1.82, 2.24) is 9.88 Å². The fraction of sp³-hybridized carbons (Fsp3) is 0.304. The third kappa shape index (κ3) is 4.77. The number of anilines is 3. The third-order valence-corrected chi connectivity index (χ3v) is 4.95. The van der Waals surface area contributed by atoms with Crippen LogP contribution in [0.15, 0.2) is 54.4 Å². The smallest absolute Gasteiger partial charge is 0.323 e. The zero-order chi connectivity index (χ0) is 20.8. The van der Waals surface area contributed by atoms with E-state index in [1.165, 1.54) is 5.57 Å². The number of pyridine rings is 1. The van der Waals surface area contributed by atoms with Gasteiger partial charge in [-0.05, 0) is 69.2 Å². The molecule has 0 bridgehead atoms. The quantitative estimate of drug-likeness (QED) is 0.577. The highest BCUT2D eigenvalue weighted by molar-refractivity contribution is 5.92. The van der Waals surface area contributed by atoms with E-state index >= 15 is 0 Å². The Bertz CT molecular complexity index is 932. The van der Waals surface area contributed by atoms with Gasteiger partial charge in [0.2, 0.25) is 0 Å². The molecule has 3 rings (SSSR count). The molecule has 2 heterocycles. The van der Waals surface area contributed by atoms with Crippen molar-refractivity contribution in [3.63, 3.8) is 0 Å². The first-order valence-corrected chi connectivity index (χ1v) is 9.95. The Balaban J connectivity index is 1.77. The first-order valence-electron chi connectivity index (χ1n) is 9.95. The Morgan fingerprint density at radius 1 is 1.28 bits per heavy atom. The van der Waals surface area contributed by atoms with E-state index in [0.29, 0.717) is 18.9 Å². The zero-order valence-corrected chi connectivity index (χ0v) is 17.5. The van der Waals surface area contributed by atoms with Gasteiger partial charge < -0.3 is 15.0 Å². The molecule has 1 aliphatic heterocycles. The molecule has 0 radical (unpaired) electrons. The number of urea groups is 1. The standard InChI is InChI=1S/C23H28N4O2/c1-5-16(4)15-29-21(6-2)17-8-10-18(11-9-17)25-20-12-13-24-22-19(20)14-27(7-3)23(28)26-22/h6,8-13,15H,5,7,14H2,1-4H3,(H2,24,25,26,28). The molecule has 2 amide bonds. The summed E-state index contributed by atoms with van der Waals surface area (Å²) in [6.45, 7) is 9.27. The molecule has 1 aromatic heterocycles. The van der Waals surface area contributed by atoms with Gasteiger partial charge in [-0.3, -0.25) is 5.32 Å². The predicted octanol–water partition coefficient (Wildman–Crippen LogP) is 5.88. The van der Waals surface area contributed by atoms with Gasteiger partial charge in [0.15, 0.2) is 0 Å². The molecule has 0 saturated carbocycles. The summed E-state index contributed by atoms with van der Waals surface area (Å²) < 4.78 is 5.82. The minimum atomic E-state index is -0.111. The van der Waals surface area contributed by atoms with Crippen LogP contribution < -0.4 is 10.6 Å². The lowest BCUT2D eigenvalue weighted by Gasteiger charge is -2.29. The van der Waals surface area contributed by atoms with Crippen LogP contribution in [0.4, 0.5) is 22.0 Å². The second-order valence-corrected chi connectivity index (χ2v) is 6.92. The van der Waals surface area contributed by atoms with E-state index in [1.807, 2.05) is 50.3 Å². The first-order chi connectivity index (χ1) is 14.0. The second-order valence-electron chi connectivity index (χ2n) is 6.92. The number of nitrogens with one attached hydrogen (secondary N) is 2. The van der Waals surface area contributed by atoms with Gasteiger partial charge in [0, 0.05) is 35.2 Å². The number of hydrogen-bond acceptors (Lipinski definition) is 4. The maximum absolute atomic E-state index is 12.0. The number of carbonyl (C=O) groups is 1. The summed E-state index contributed by atoms with van der Waals surface area (Å²) in [5.74, 6) is 1.44. The van der Waals surface area contributed by atoms with E-state index < -0.39 is 0 Å². The Labute approximate surface area is 172 Å². The first kappa shape index (κ1) is 20.5. The summed E-state index contributed by atoms with van der Waals surface area (Å²) >= 11 is 0. The molecule has 6 nitrogen and oxygen atoms in total. The van der Waals surface area contributed by atoms with Gasteiger partial charge in [0.1, 0.15) is 11.6 Å². The van der Waals surface area contributed by atoms with E-state index in [-0.39, 0.29) is 6.03 Å². The molecule has 0 fully saturated rings. The number of ether oxygens (including phenoxy) is 1. The molecule has 6 heteroatoms. The molecular formula is C23H28N4O2. The topological polar surface area (TPSA) is 66.5 Å². The largest absolute Gasteiger partial charge is 0.465 e. The summed E-state index contributed by atoms with van der Waals surface area (Å²) in [6, 6.07) is 9.91. The molecule has 1 aliphatic rings. The highest BCUT2D eigenvalue weighted by Crippen LogP contribution is 2.30. The van der Waals surface area contributed by atoms with Crippen LogP contribution >= 0.6 is 0 Å². The van der Waals surface area contributed by atoms with Crippen LogP contribution in [-0.4, -0.2) is 22.5 Å². The Morgan fingerprint density at radius 3 is 2.69 bits per heavy atom. The normalized spacial score (nSPS) is 14.3. The summed E-state index contributed by atoms with van der Waals surface area (Å²) in [7, 11) is 0. The van der Waals surface area contributed by atoms with E-state index in [2.05, 4.69) is 29.5 Å². The van der Waals surface area contributed by atoms with Crippen molar-refractivity contribution in [2.75, 3.05) is 17.2 Å². The van der Waals surface area contributed by atoms with Crippen LogP contribution in [0.25, 0.3) is 5.76 Å². The number of fused-ring (bicyclic) bond motifs is 1. The fourth-order valence-electron chi connectivity index (χ4n) is 3.00. The summed E-state index contributed by atoms with van der Waals surface area (Å²) in [5.41, 5.74) is 5.08. The number of allylic oxidation sites excluding steroid dienone is 2. The van der Waals surface area contributed by atoms with Gasteiger partial charge in [-0.1, -0.05) is 6.92 Å². The van der Waals surface area contributed by atoms with E-state index in [0.717, 1.165) is 34.7 Å². The molecule has 1 aromatic carbocycles. The van der Waals surface area contributed by atoms with Crippen molar-refractivity contribution in [3.05, 3.63) is 65.6 Å². The Kier molecular flexibility index (Phi) is 6.54. The molecular weight excluding hydrogens is 364 g/mol. The van der Waals surface area contributed by atoms with Gasteiger partial charge >= 0.3 is 6.03 Å². The minimum absolute atomic E-state index is 0.111. The Morgan fingerprint density at radius 2 is 2.03 bits per heavy atom. The fourth-order valence-corrected chi connectivity index (χ4v) is 3.00. The number of rotatable bonds is 7. The number of amides is 2. The van der Waals surface area contributed by atoms with Crippen molar-refractivity contribution >= 4 is 29.0 Å². The molecule has 0 atom stereocenters. The number of hydrogen-bond donors (Lipinski definition) is 2. The van der Waals surface area contributed by atoms with E-state index in [1.54, 1.807) is 17.4 Å². The van der Waals surface area contributed by atoms with E-state index in [4.69, 9.17) is 4.74 Å². The van der Waals surface area contributed by atoms with Crippen LogP contribution in [0, 0.1) is 0 Å². The molecule has 29 heavy (non-hydrogen) atoms. The van der Waals surface area contributed by atoms with Gasteiger partial charge in [-0.15, -0.1) is 0 Å². The van der Waals surface area contributed by atoms with Crippen molar-refractivity contribution in [2.24, 2.45) is 0 Å². The highest BCUT2D eigenvalue weighted by Gasteiger charge is 2.24. The molecule has 2 N–H and O–H groups in total. The second kappa shape index (κ2) is 9.28. The number of benzene rings is 1. The predicted molar refractivity (Wildman–Crippen MR) is 118 cm³/mol. The number of nitrogens with zero attached hydrogens (tertiary/aromatic N) is 2. The average Bonchev–Trinajstić information content (AvgIpc) is 2.74. The molecule has 0 saturated heterocycles. The number of aromatic nitrogens is 1. The van der Waals surface area contributed by atoms with Crippen molar-refractivity contribution in [1.29, 1.82) is 0 Å². The molecule has 0 unspecified atom stereocenters. The van der Waals surface area contributed by atoms with Gasteiger partial charge in [0.25, 0.3) is 0 Å². The summed E-state index contributed by atoms with van der Waals surface area (Å²) in [4.78, 5) is 18.1. The van der Waals surface area contributed by atoms with Crippen LogP contribution in [0.1, 0.15) is 45.2 Å². The van der Waals surface area contributed by atoms with Crippen molar-refractivity contribution in [3.8, 4) is 0 Å². The van der Waals surface area contributed by atoms with Crippen LogP contribution in [-0.2, 0) is 11.3 Å². The monoisotopic (exact) mass is 392 g/mol. The number of carbonyl (C=O) groups excluding carboxylic acids is 1. The molecule has 0 spiro atoms. The van der Waals surface area contributed by atoms with Crippen LogP contribution in [0.5, 0.6) is 0 Å². The lowest BCUT2D eigenvalue weighted by atomic mass is 10.1. The van der Waals surface area contributed by atoms with Crippen LogP contribution in [0.2, 0.25) is 0 Å². The highest BCUT2D eigenvalue weighted by atomic mass is 16.5. The molecule has 2 aromatic rings. The van der Waals surface area contributed by atoms with Gasteiger partial charge in [-0.2, -0.15) is 0 Å². The lowest BCUT2D eigenvalue weighted by molar-refractivity contribution is 0.209. The van der Waals surface area contributed by atoms with Crippen molar-refractivity contribution in [2.45, 2.75) is 40.7 Å². The van der Waals surface area contributed by atoms with Gasteiger partial charge in [0.05, 0.1) is 12.8 Å². The minimum Gasteiger partial charge on any atom is -0.465 e.